The van der Waals surface area contributed by atoms with Crippen LogP contribution in [0.2, 0.25) is 0 Å². The van der Waals surface area contributed by atoms with Gasteiger partial charge in [0, 0.05) is 17.3 Å². The quantitative estimate of drug-likeness (QED) is 0.811. The summed E-state index contributed by atoms with van der Waals surface area (Å²) in [6.07, 6.45) is 0.894. The molecular formula is C19H19NO3. The van der Waals surface area contributed by atoms with Gasteiger partial charge < -0.3 is 14.4 Å². The highest BCUT2D eigenvalue weighted by atomic mass is 16.6. The van der Waals surface area contributed by atoms with Gasteiger partial charge in [-0.05, 0) is 49.6 Å². The SMILES string of the molecule is Cc1cc2c(cc1C(=O)N1c3ccccc3CC1C)OCCO2. The number of carbonyl (C=O) groups excluding carboxylic acids is 1. The molecule has 0 aromatic heterocycles. The van der Waals surface area contributed by atoms with E-state index in [2.05, 4.69) is 13.0 Å². The summed E-state index contributed by atoms with van der Waals surface area (Å²) in [6.45, 7) is 5.10. The predicted molar refractivity (Wildman–Crippen MR) is 88.6 cm³/mol. The van der Waals surface area contributed by atoms with Crippen LogP contribution >= 0.6 is 0 Å². The van der Waals surface area contributed by atoms with Crippen molar-refractivity contribution in [3.8, 4) is 11.5 Å². The van der Waals surface area contributed by atoms with E-state index < -0.39 is 0 Å². The van der Waals surface area contributed by atoms with Gasteiger partial charge in [0.2, 0.25) is 0 Å². The van der Waals surface area contributed by atoms with Gasteiger partial charge in [-0.3, -0.25) is 4.79 Å². The van der Waals surface area contributed by atoms with Crippen molar-refractivity contribution in [2.75, 3.05) is 18.1 Å². The van der Waals surface area contributed by atoms with Crippen molar-refractivity contribution in [1.29, 1.82) is 0 Å². The molecule has 118 valence electrons. The first kappa shape index (κ1) is 14.1. The van der Waals surface area contributed by atoms with E-state index in [9.17, 15) is 4.79 Å². The maximum absolute atomic E-state index is 13.2. The van der Waals surface area contributed by atoms with Gasteiger partial charge in [0.1, 0.15) is 13.2 Å². The number of anilines is 1. The van der Waals surface area contributed by atoms with Crippen LogP contribution < -0.4 is 14.4 Å². The molecule has 1 amide bonds. The van der Waals surface area contributed by atoms with Gasteiger partial charge in [0.05, 0.1) is 0 Å². The third-order valence-corrected chi connectivity index (χ3v) is 4.55. The third kappa shape index (κ3) is 2.25. The maximum atomic E-state index is 13.2. The Bertz CT molecular complexity index is 784. The normalized spacial score (nSPS) is 18.7. The molecule has 2 aliphatic heterocycles. The molecule has 0 bridgehead atoms. The van der Waals surface area contributed by atoms with E-state index in [0.717, 1.165) is 23.4 Å². The summed E-state index contributed by atoms with van der Waals surface area (Å²) in [4.78, 5) is 15.1. The number of benzene rings is 2. The van der Waals surface area contributed by atoms with Crippen molar-refractivity contribution in [2.45, 2.75) is 26.3 Å². The van der Waals surface area contributed by atoms with E-state index in [-0.39, 0.29) is 11.9 Å². The lowest BCUT2D eigenvalue weighted by Crippen LogP contribution is -2.36. The Morgan fingerprint density at radius 2 is 1.83 bits per heavy atom. The number of rotatable bonds is 1. The van der Waals surface area contributed by atoms with E-state index in [1.165, 1.54) is 5.56 Å². The summed E-state index contributed by atoms with van der Waals surface area (Å²) in [5.74, 6) is 1.41. The van der Waals surface area contributed by atoms with Crippen molar-refractivity contribution in [1.82, 2.24) is 0 Å². The number of para-hydroxylation sites is 1. The number of carbonyl (C=O) groups is 1. The highest BCUT2D eigenvalue weighted by molar-refractivity contribution is 6.09. The Hall–Kier alpha value is -2.49. The van der Waals surface area contributed by atoms with Gasteiger partial charge in [-0.25, -0.2) is 0 Å². The molecule has 0 fully saturated rings. The number of nitrogens with zero attached hydrogens (tertiary/aromatic N) is 1. The van der Waals surface area contributed by atoms with Crippen LogP contribution in [0.1, 0.15) is 28.4 Å². The standard InChI is InChI=1S/C19H19NO3/c1-12-9-17-18(23-8-7-22-17)11-15(12)19(21)20-13(2)10-14-5-3-4-6-16(14)20/h3-6,9,11,13H,7-8,10H2,1-2H3. The smallest absolute Gasteiger partial charge is 0.258 e. The molecule has 1 atom stereocenters. The van der Waals surface area contributed by atoms with Crippen molar-refractivity contribution in [2.24, 2.45) is 0 Å². The van der Waals surface area contributed by atoms with E-state index >= 15 is 0 Å². The number of hydrogen-bond donors (Lipinski definition) is 0. The van der Waals surface area contributed by atoms with Gasteiger partial charge in [-0.2, -0.15) is 0 Å². The van der Waals surface area contributed by atoms with Crippen LogP contribution in [0.25, 0.3) is 0 Å². The average Bonchev–Trinajstić information content (AvgIpc) is 2.89. The second-order valence-corrected chi connectivity index (χ2v) is 6.17. The molecule has 0 saturated heterocycles. The molecule has 4 nitrogen and oxygen atoms in total. The molecule has 0 N–H and O–H groups in total. The van der Waals surface area contributed by atoms with Crippen LogP contribution in [0.4, 0.5) is 5.69 Å². The minimum atomic E-state index is 0.0249. The molecule has 0 saturated carbocycles. The molecule has 1 unspecified atom stereocenters. The van der Waals surface area contributed by atoms with Crippen LogP contribution in [-0.4, -0.2) is 25.2 Å². The summed E-state index contributed by atoms with van der Waals surface area (Å²) in [5.41, 5.74) is 3.83. The maximum Gasteiger partial charge on any atom is 0.258 e. The lowest BCUT2D eigenvalue weighted by molar-refractivity contribution is 0.0979. The van der Waals surface area contributed by atoms with E-state index in [1.807, 2.05) is 42.2 Å². The number of fused-ring (bicyclic) bond motifs is 2. The molecule has 2 aromatic carbocycles. The number of aryl methyl sites for hydroxylation is 1. The molecule has 2 aromatic rings. The fourth-order valence-corrected chi connectivity index (χ4v) is 3.43. The second-order valence-electron chi connectivity index (χ2n) is 6.17. The molecule has 2 heterocycles. The molecule has 2 aliphatic rings. The lowest BCUT2D eigenvalue weighted by atomic mass is 10.1. The van der Waals surface area contributed by atoms with Gasteiger partial charge in [-0.15, -0.1) is 0 Å². The first-order chi connectivity index (χ1) is 11.1. The Morgan fingerprint density at radius 3 is 2.61 bits per heavy atom. The van der Waals surface area contributed by atoms with E-state index in [4.69, 9.17) is 9.47 Å². The monoisotopic (exact) mass is 309 g/mol. The first-order valence-corrected chi connectivity index (χ1v) is 7.97. The molecule has 23 heavy (non-hydrogen) atoms. The van der Waals surface area contributed by atoms with Gasteiger partial charge in [-0.1, -0.05) is 18.2 Å². The molecule has 0 spiro atoms. The van der Waals surface area contributed by atoms with Gasteiger partial charge >= 0.3 is 0 Å². The second kappa shape index (κ2) is 5.30. The highest BCUT2D eigenvalue weighted by Gasteiger charge is 2.32. The number of hydrogen-bond acceptors (Lipinski definition) is 3. The van der Waals surface area contributed by atoms with Crippen LogP contribution in [0.5, 0.6) is 11.5 Å². The number of ether oxygens (including phenoxy) is 2. The van der Waals surface area contributed by atoms with E-state index in [1.54, 1.807) is 0 Å². The van der Waals surface area contributed by atoms with Crippen molar-refractivity contribution in [3.63, 3.8) is 0 Å². The van der Waals surface area contributed by atoms with Crippen LogP contribution in [-0.2, 0) is 6.42 Å². The Morgan fingerprint density at radius 1 is 1.13 bits per heavy atom. The van der Waals surface area contributed by atoms with E-state index in [0.29, 0.717) is 24.5 Å². The first-order valence-electron chi connectivity index (χ1n) is 7.97. The molecular weight excluding hydrogens is 290 g/mol. The Kier molecular flexibility index (Phi) is 3.26. The van der Waals surface area contributed by atoms with Crippen LogP contribution in [0, 0.1) is 6.92 Å². The van der Waals surface area contributed by atoms with Gasteiger partial charge in [0.25, 0.3) is 5.91 Å². The molecule has 0 aliphatic carbocycles. The summed E-state index contributed by atoms with van der Waals surface area (Å²) in [6, 6.07) is 12.0. The Balaban J connectivity index is 1.75. The zero-order valence-corrected chi connectivity index (χ0v) is 13.3. The molecule has 0 radical (unpaired) electrons. The fourth-order valence-electron chi connectivity index (χ4n) is 3.43. The van der Waals surface area contributed by atoms with Crippen LogP contribution in [0.3, 0.4) is 0 Å². The minimum absolute atomic E-state index is 0.0249. The third-order valence-electron chi connectivity index (χ3n) is 4.55. The predicted octanol–water partition coefficient (Wildman–Crippen LogP) is 3.36. The topological polar surface area (TPSA) is 38.8 Å². The minimum Gasteiger partial charge on any atom is -0.486 e. The average molecular weight is 309 g/mol. The summed E-state index contributed by atoms with van der Waals surface area (Å²) < 4.78 is 11.2. The lowest BCUT2D eigenvalue weighted by Gasteiger charge is -2.25. The summed E-state index contributed by atoms with van der Waals surface area (Å²) >= 11 is 0. The zero-order valence-electron chi connectivity index (χ0n) is 13.3. The zero-order chi connectivity index (χ0) is 16.0. The summed E-state index contributed by atoms with van der Waals surface area (Å²) in [5, 5.41) is 0. The highest BCUT2D eigenvalue weighted by Crippen LogP contribution is 2.37. The van der Waals surface area contributed by atoms with Crippen molar-refractivity contribution >= 4 is 11.6 Å². The number of amides is 1. The molecule has 4 heteroatoms. The molecule has 4 rings (SSSR count). The van der Waals surface area contributed by atoms with Gasteiger partial charge in [0.15, 0.2) is 11.5 Å². The largest absolute Gasteiger partial charge is 0.486 e. The van der Waals surface area contributed by atoms with Crippen LogP contribution in [0.15, 0.2) is 36.4 Å². The Labute approximate surface area is 135 Å². The van der Waals surface area contributed by atoms with Crippen molar-refractivity contribution in [3.05, 3.63) is 53.1 Å². The van der Waals surface area contributed by atoms with Crippen molar-refractivity contribution < 1.29 is 14.3 Å². The summed E-state index contributed by atoms with van der Waals surface area (Å²) in [7, 11) is 0. The fraction of sp³-hybridized carbons (Fsp3) is 0.316.